The maximum absolute atomic E-state index is 14.2. The van der Waals surface area contributed by atoms with E-state index in [1.165, 1.54) is 24.5 Å². The number of methoxy groups -OCH3 is 1. The Hall–Kier alpha value is -1.99. The standard InChI is InChI=1S/C17H18FNO4S/c1-23-9-11-14-12(18)3-2-4-13(14)24-15(11)16(20)19-7-5-10(6-8-19)17(21)22/h2-4,10H,5-9H2,1H3,(H,21,22). The molecule has 1 aromatic carbocycles. The Balaban J connectivity index is 1.91. The van der Waals surface area contributed by atoms with Crippen LogP contribution in [0.25, 0.3) is 10.1 Å². The van der Waals surface area contributed by atoms with Crippen molar-refractivity contribution in [3.05, 3.63) is 34.5 Å². The Labute approximate surface area is 142 Å². The summed E-state index contributed by atoms with van der Waals surface area (Å²) in [6.45, 7) is 0.964. The fourth-order valence-electron chi connectivity index (χ4n) is 3.10. The monoisotopic (exact) mass is 351 g/mol. The van der Waals surface area contributed by atoms with E-state index in [4.69, 9.17) is 9.84 Å². The zero-order valence-corrected chi connectivity index (χ0v) is 14.1. The van der Waals surface area contributed by atoms with E-state index in [1.807, 2.05) is 0 Å². The number of aliphatic carboxylic acids is 1. The molecule has 1 aliphatic rings. The second-order valence-electron chi connectivity index (χ2n) is 5.86. The zero-order valence-electron chi connectivity index (χ0n) is 13.3. The minimum absolute atomic E-state index is 0.160. The lowest BCUT2D eigenvalue weighted by Crippen LogP contribution is -2.40. The van der Waals surface area contributed by atoms with Crippen LogP contribution in [0.4, 0.5) is 4.39 Å². The quantitative estimate of drug-likeness (QED) is 0.919. The summed E-state index contributed by atoms with van der Waals surface area (Å²) < 4.78 is 20.1. The van der Waals surface area contributed by atoms with E-state index < -0.39 is 11.9 Å². The van der Waals surface area contributed by atoms with Gasteiger partial charge >= 0.3 is 5.97 Å². The molecular formula is C17H18FNO4S. The molecule has 3 rings (SSSR count). The van der Waals surface area contributed by atoms with Gasteiger partial charge in [-0.1, -0.05) is 6.07 Å². The van der Waals surface area contributed by atoms with Crippen molar-refractivity contribution >= 4 is 33.3 Å². The van der Waals surface area contributed by atoms with Gasteiger partial charge < -0.3 is 14.7 Å². The lowest BCUT2D eigenvalue weighted by molar-refractivity contribution is -0.143. The average Bonchev–Trinajstić information content (AvgIpc) is 2.94. The van der Waals surface area contributed by atoms with Gasteiger partial charge in [-0.15, -0.1) is 11.3 Å². The third-order valence-electron chi connectivity index (χ3n) is 4.38. The first-order chi connectivity index (χ1) is 11.5. The van der Waals surface area contributed by atoms with Crippen LogP contribution in [-0.4, -0.2) is 42.1 Å². The molecule has 0 radical (unpaired) electrons. The summed E-state index contributed by atoms with van der Waals surface area (Å²) in [7, 11) is 1.51. The van der Waals surface area contributed by atoms with Crippen molar-refractivity contribution < 1.29 is 23.8 Å². The van der Waals surface area contributed by atoms with Crippen LogP contribution in [0.15, 0.2) is 18.2 Å². The van der Waals surface area contributed by atoms with Gasteiger partial charge in [0.1, 0.15) is 5.82 Å². The number of carboxylic acid groups (broad SMARTS) is 1. The molecule has 128 valence electrons. The van der Waals surface area contributed by atoms with E-state index in [0.29, 0.717) is 46.5 Å². The van der Waals surface area contributed by atoms with Gasteiger partial charge in [-0.25, -0.2) is 4.39 Å². The molecule has 1 N–H and O–H groups in total. The number of piperidine rings is 1. The maximum Gasteiger partial charge on any atom is 0.306 e. The van der Waals surface area contributed by atoms with Gasteiger partial charge in [0.25, 0.3) is 5.91 Å². The summed E-state index contributed by atoms with van der Waals surface area (Å²) in [6.07, 6.45) is 0.889. The van der Waals surface area contributed by atoms with Crippen molar-refractivity contribution in [2.75, 3.05) is 20.2 Å². The predicted molar refractivity (Wildman–Crippen MR) is 88.8 cm³/mol. The number of thiophene rings is 1. The van der Waals surface area contributed by atoms with Crippen LogP contribution in [0.5, 0.6) is 0 Å². The minimum atomic E-state index is -0.814. The number of halogens is 1. The highest BCUT2D eigenvalue weighted by Crippen LogP contribution is 2.35. The van der Waals surface area contributed by atoms with Crippen LogP contribution in [0.3, 0.4) is 0 Å². The predicted octanol–water partition coefficient (Wildman–Crippen LogP) is 3.12. The van der Waals surface area contributed by atoms with Crippen LogP contribution in [0, 0.1) is 11.7 Å². The second-order valence-corrected chi connectivity index (χ2v) is 6.91. The number of fused-ring (bicyclic) bond motifs is 1. The molecule has 24 heavy (non-hydrogen) atoms. The molecule has 0 unspecified atom stereocenters. The van der Waals surface area contributed by atoms with Gasteiger partial charge in [0.05, 0.1) is 17.4 Å². The van der Waals surface area contributed by atoms with E-state index in [1.54, 1.807) is 17.0 Å². The Kier molecular flexibility index (Phi) is 4.82. The second kappa shape index (κ2) is 6.86. The first-order valence-corrected chi connectivity index (χ1v) is 8.55. The molecular weight excluding hydrogens is 333 g/mol. The molecule has 1 aromatic heterocycles. The number of rotatable bonds is 4. The number of likely N-dealkylation sites (tertiary alicyclic amines) is 1. The smallest absolute Gasteiger partial charge is 0.306 e. The molecule has 1 fully saturated rings. The molecule has 7 heteroatoms. The van der Waals surface area contributed by atoms with Gasteiger partial charge in [-0.05, 0) is 25.0 Å². The van der Waals surface area contributed by atoms with Crippen LogP contribution in [-0.2, 0) is 16.1 Å². The summed E-state index contributed by atoms with van der Waals surface area (Å²) in [4.78, 5) is 26.0. The number of benzene rings is 1. The summed E-state index contributed by atoms with van der Waals surface area (Å²) in [6, 6.07) is 4.79. The van der Waals surface area contributed by atoms with Crippen molar-refractivity contribution in [1.29, 1.82) is 0 Å². The Morgan fingerprint density at radius 3 is 2.71 bits per heavy atom. The van der Waals surface area contributed by atoms with Gasteiger partial charge in [0, 0.05) is 35.8 Å². The average molecular weight is 351 g/mol. The zero-order chi connectivity index (χ0) is 17.3. The van der Waals surface area contributed by atoms with E-state index in [9.17, 15) is 14.0 Å². The molecule has 0 saturated carbocycles. The van der Waals surface area contributed by atoms with Crippen LogP contribution < -0.4 is 0 Å². The summed E-state index contributed by atoms with van der Waals surface area (Å²) in [5.41, 5.74) is 0.570. The molecule has 0 spiro atoms. The summed E-state index contributed by atoms with van der Waals surface area (Å²) in [5, 5.41) is 9.50. The molecule has 1 amide bonds. The SMILES string of the molecule is COCc1c(C(=O)N2CCC(C(=O)O)CC2)sc2cccc(F)c12. The number of nitrogens with zero attached hydrogens (tertiary/aromatic N) is 1. The van der Waals surface area contributed by atoms with E-state index in [-0.39, 0.29) is 18.3 Å². The van der Waals surface area contributed by atoms with Crippen molar-refractivity contribution in [3.63, 3.8) is 0 Å². The number of carbonyl (C=O) groups excluding carboxylic acids is 1. The van der Waals surface area contributed by atoms with Gasteiger partial charge in [0.15, 0.2) is 0 Å². The Bertz CT molecular complexity index is 780. The highest BCUT2D eigenvalue weighted by molar-refractivity contribution is 7.21. The van der Waals surface area contributed by atoms with E-state index >= 15 is 0 Å². The topological polar surface area (TPSA) is 66.8 Å². The molecule has 0 atom stereocenters. The molecule has 0 aliphatic carbocycles. The number of hydrogen-bond donors (Lipinski definition) is 1. The van der Waals surface area contributed by atoms with Crippen LogP contribution in [0.1, 0.15) is 28.1 Å². The number of hydrogen-bond acceptors (Lipinski definition) is 4. The van der Waals surface area contributed by atoms with Crippen molar-refractivity contribution in [2.45, 2.75) is 19.4 Å². The third-order valence-corrected chi connectivity index (χ3v) is 5.56. The fourth-order valence-corrected chi connectivity index (χ4v) is 4.29. The Morgan fingerprint density at radius 2 is 2.08 bits per heavy atom. The third kappa shape index (κ3) is 3.01. The maximum atomic E-state index is 14.2. The van der Waals surface area contributed by atoms with Crippen LogP contribution in [0.2, 0.25) is 0 Å². The van der Waals surface area contributed by atoms with Gasteiger partial charge in [0.2, 0.25) is 0 Å². The number of ether oxygens (including phenoxy) is 1. The first kappa shape index (κ1) is 16.9. The number of amides is 1. The van der Waals surface area contributed by atoms with Crippen molar-refractivity contribution in [2.24, 2.45) is 5.92 Å². The fraction of sp³-hybridized carbons (Fsp3) is 0.412. The lowest BCUT2D eigenvalue weighted by atomic mass is 9.97. The van der Waals surface area contributed by atoms with E-state index in [0.717, 1.165) is 0 Å². The summed E-state index contributed by atoms with van der Waals surface area (Å²) >= 11 is 1.26. The molecule has 1 saturated heterocycles. The highest BCUT2D eigenvalue weighted by atomic mass is 32.1. The number of carbonyl (C=O) groups is 2. The number of carboxylic acids is 1. The normalized spacial score (nSPS) is 15.8. The first-order valence-electron chi connectivity index (χ1n) is 7.73. The van der Waals surface area contributed by atoms with E-state index in [2.05, 4.69) is 0 Å². The summed E-state index contributed by atoms with van der Waals surface area (Å²) in [5.74, 6) is -1.75. The van der Waals surface area contributed by atoms with Crippen molar-refractivity contribution in [1.82, 2.24) is 4.90 Å². The molecule has 2 heterocycles. The largest absolute Gasteiger partial charge is 0.481 e. The minimum Gasteiger partial charge on any atom is -0.481 e. The molecule has 0 bridgehead atoms. The van der Waals surface area contributed by atoms with Crippen molar-refractivity contribution in [3.8, 4) is 0 Å². The lowest BCUT2D eigenvalue weighted by Gasteiger charge is -2.30. The van der Waals surface area contributed by atoms with Gasteiger partial charge in [-0.2, -0.15) is 0 Å². The molecule has 5 nitrogen and oxygen atoms in total. The highest BCUT2D eigenvalue weighted by Gasteiger charge is 2.30. The molecule has 2 aromatic rings. The van der Waals surface area contributed by atoms with Gasteiger partial charge in [-0.3, -0.25) is 9.59 Å². The van der Waals surface area contributed by atoms with Crippen LogP contribution >= 0.6 is 11.3 Å². The molecule has 1 aliphatic heterocycles. The Morgan fingerprint density at radius 1 is 1.38 bits per heavy atom.